The van der Waals surface area contributed by atoms with E-state index in [4.69, 9.17) is 0 Å². The first-order valence-corrected chi connectivity index (χ1v) is 8.53. The molecule has 122 valence electrons. The Kier molecular flexibility index (Phi) is 3.61. The van der Waals surface area contributed by atoms with Gasteiger partial charge in [-0.1, -0.05) is 30.3 Å². The number of benzene rings is 1. The summed E-state index contributed by atoms with van der Waals surface area (Å²) in [7, 11) is 0. The van der Waals surface area contributed by atoms with Crippen LogP contribution in [-0.2, 0) is 5.41 Å². The predicted octanol–water partition coefficient (Wildman–Crippen LogP) is 2.98. The van der Waals surface area contributed by atoms with E-state index in [9.17, 15) is 10.1 Å². The number of rotatable bonds is 3. The van der Waals surface area contributed by atoms with Gasteiger partial charge in [0.25, 0.3) is 5.91 Å². The molecule has 1 aromatic carbocycles. The molecule has 2 heterocycles. The van der Waals surface area contributed by atoms with Crippen LogP contribution in [0.15, 0.2) is 36.4 Å². The number of carbonyl (C=O) groups is 1. The van der Waals surface area contributed by atoms with E-state index in [-0.39, 0.29) is 5.91 Å². The van der Waals surface area contributed by atoms with Crippen LogP contribution in [-0.4, -0.2) is 34.1 Å². The summed E-state index contributed by atoms with van der Waals surface area (Å²) in [6, 6.07) is 14.3. The molecule has 0 unspecified atom stereocenters. The average molecular weight is 320 g/mol. The van der Waals surface area contributed by atoms with Crippen LogP contribution in [0.25, 0.3) is 0 Å². The third-order valence-electron chi connectivity index (χ3n) is 5.28. The summed E-state index contributed by atoms with van der Waals surface area (Å²) < 4.78 is 0. The first-order chi connectivity index (χ1) is 11.7. The van der Waals surface area contributed by atoms with Crippen molar-refractivity contribution >= 4 is 5.91 Å². The number of carbonyl (C=O) groups excluding carboxylic acids is 1. The van der Waals surface area contributed by atoms with Gasteiger partial charge in [-0.15, -0.1) is 0 Å². The van der Waals surface area contributed by atoms with Crippen molar-refractivity contribution in [1.82, 2.24) is 15.1 Å². The highest BCUT2D eigenvalue weighted by Gasteiger charge is 2.38. The quantitative estimate of drug-likeness (QED) is 0.945. The summed E-state index contributed by atoms with van der Waals surface area (Å²) in [4.78, 5) is 14.5. The fourth-order valence-electron chi connectivity index (χ4n) is 3.53. The monoisotopic (exact) mass is 320 g/mol. The fraction of sp³-hybridized carbons (Fsp3) is 0.421. The summed E-state index contributed by atoms with van der Waals surface area (Å²) in [5, 5.41) is 16.9. The second-order valence-corrected chi connectivity index (χ2v) is 6.83. The molecule has 5 heteroatoms. The van der Waals surface area contributed by atoms with Gasteiger partial charge in [0.15, 0.2) is 0 Å². The molecule has 1 saturated carbocycles. The lowest BCUT2D eigenvalue weighted by Gasteiger charge is -2.37. The first kappa shape index (κ1) is 14.9. The molecule has 0 spiro atoms. The fourth-order valence-corrected chi connectivity index (χ4v) is 3.53. The Balaban J connectivity index is 1.47. The molecule has 0 bridgehead atoms. The summed E-state index contributed by atoms with van der Waals surface area (Å²) in [5.41, 5.74) is 2.14. The van der Waals surface area contributed by atoms with Gasteiger partial charge in [-0.2, -0.15) is 10.4 Å². The van der Waals surface area contributed by atoms with Crippen LogP contribution in [0.2, 0.25) is 0 Å². The molecular formula is C19H20N4O. The van der Waals surface area contributed by atoms with Crippen LogP contribution in [0, 0.1) is 11.3 Å². The predicted molar refractivity (Wildman–Crippen MR) is 89.4 cm³/mol. The second kappa shape index (κ2) is 5.79. The minimum Gasteiger partial charge on any atom is -0.337 e. The molecule has 0 radical (unpaired) electrons. The average Bonchev–Trinajstić information content (AvgIpc) is 3.39. The smallest absolute Gasteiger partial charge is 0.274 e. The van der Waals surface area contributed by atoms with Crippen molar-refractivity contribution in [3.05, 3.63) is 53.3 Å². The van der Waals surface area contributed by atoms with Crippen molar-refractivity contribution in [3.63, 3.8) is 0 Å². The van der Waals surface area contributed by atoms with E-state index in [0.717, 1.165) is 11.3 Å². The summed E-state index contributed by atoms with van der Waals surface area (Å²) in [6.07, 6.45) is 3.70. The SMILES string of the molecule is N#CC1(c2ccccc2)CCN(C(=O)c2cc(C3CC3)[nH]n2)CC1. The summed E-state index contributed by atoms with van der Waals surface area (Å²) in [5.74, 6) is 0.530. The van der Waals surface area contributed by atoms with Crippen molar-refractivity contribution < 1.29 is 4.79 Å². The Labute approximate surface area is 141 Å². The maximum atomic E-state index is 12.7. The number of likely N-dealkylation sites (tertiary alicyclic amines) is 1. The maximum absolute atomic E-state index is 12.7. The summed E-state index contributed by atoms with van der Waals surface area (Å²) in [6.45, 7) is 1.18. The highest BCUT2D eigenvalue weighted by atomic mass is 16.2. The number of nitrogens with zero attached hydrogens (tertiary/aromatic N) is 3. The van der Waals surface area contributed by atoms with Crippen LogP contribution >= 0.6 is 0 Å². The molecule has 1 aliphatic heterocycles. The number of hydrogen-bond acceptors (Lipinski definition) is 3. The van der Waals surface area contributed by atoms with E-state index >= 15 is 0 Å². The van der Waals surface area contributed by atoms with Gasteiger partial charge < -0.3 is 4.90 Å². The van der Waals surface area contributed by atoms with E-state index in [1.165, 1.54) is 12.8 Å². The third-order valence-corrected chi connectivity index (χ3v) is 5.28. The van der Waals surface area contributed by atoms with E-state index < -0.39 is 5.41 Å². The van der Waals surface area contributed by atoms with Gasteiger partial charge in [-0.3, -0.25) is 9.89 Å². The van der Waals surface area contributed by atoms with Crippen LogP contribution in [0.3, 0.4) is 0 Å². The van der Waals surface area contributed by atoms with Gasteiger partial charge in [0.1, 0.15) is 5.69 Å². The highest BCUT2D eigenvalue weighted by molar-refractivity contribution is 5.92. The number of amides is 1. The molecule has 5 nitrogen and oxygen atoms in total. The van der Waals surface area contributed by atoms with Crippen molar-refractivity contribution in [3.8, 4) is 6.07 Å². The lowest BCUT2D eigenvalue weighted by Crippen LogP contribution is -2.44. The number of nitriles is 1. The van der Waals surface area contributed by atoms with Gasteiger partial charge in [-0.05, 0) is 37.3 Å². The normalized spacial score (nSPS) is 19.7. The highest BCUT2D eigenvalue weighted by Crippen LogP contribution is 2.39. The Morgan fingerprint density at radius 1 is 1.25 bits per heavy atom. The number of piperidine rings is 1. The zero-order valence-electron chi connectivity index (χ0n) is 13.5. The molecule has 4 rings (SSSR count). The van der Waals surface area contributed by atoms with Gasteiger partial charge in [0.2, 0.25) is 0 Å². The van der Waals surface area contributed by atoms with E-state index in [1.54, 1.807) is 0 Å². The molecule has 1 aromatic heterocycles. The van der Waals surface area contributed by atoms with E-state index in [2.05, 4.69) is 16.3 Å². The zero-order valence-corrected chi connectivity index (χ0v) is 13.5. The number of nitrogens with one attached hydrogen (secondary N) is 1. The van der Waals surface area contributed by atoms with Crippen molar-refractivity contribution in [2.24, 2.45) is 0 Å². The Morgan fingerprint density at radius 3 is 2.58 bits per heavy atom. The molecule has 1 saturated heterocycles. The number of hydrogen-bond donors (Lipinski definition) is 1. The van der Waals surface area contributed by atoms with Gasteiger partial charge >= 0.3 is 0 Å². The van der Waals surface area contributed by atoms with E-state index in [1.807, 2.05) is 41.3 Å². The standard InChI is InChI=1S/C19H20N4O/c20-13-19(15-4-2-1-3-5-15)8-10-23(11-9-19)18(24)17-12-16(21-22-17)14-6-7-14/h1-5,12,14H,6-11H2,(H,21,22). The van der Waals surface area contributed by atoms with Gasteiger partial charge in [0, 0.05) is 24.7 Å². The molecule has 1 N–H and O–H groups in total. The van der Waals surface area contributed by atoms with Crippen LogP contribution in [0.4, 0.5) is 0 Å². The number of H-pyrrole nitrogens is 1. The lowest BCUT2D eigenvalue weighted by molar-refractivity contribution is 0.0686. The molecule has 2 aliphatic rings. The minimum atomic E-state index is -0.483. The largest absolute Gasteiger partial charge is 0.337 e. The first-order valence-electron chi connectivity index (χ1n) is 8.53. The summed E-state index contributed by atoms with van der Waals surface area (Å²) >= 11 is 0. The van der Waals surface area contributed by atoms with Crippen molar-refractivity contribution in [2.45, 2.75) is 37.0 Å². The molecule has 1 aliphatic carbocycles. The molecule has 2 fully saturated rings. The van der Waals surface area contributed by atoms with Gasteiger partial charge in [0.05, 0.1) is 11.5 Å². The minimum absolute atomic E-state index is 0.0299. The Bertz CT molecular complexity index is 777. The molecular weight excluding hydrogens is 300 g/mol. The van der Waals surface area contributed by atoms with Crippen LogP contribution < -0.4 is 0 Å². The molecule has 1 amide bonds. The Morgan fingerprint density at radius 2 is 1.96 bits per heavy atom. The van der Waals surface area contributed by atoms with Crippen molar-refractivity contribution in [2.75, 3.05) is 13.1 Å². The van der Waals surface area contributed by atoms with Crippen molar-refractivity contribution in [1.29, 1.82) is 5.26 Å². The zero-order chi connectivity index (χ0) is 16.6. The Hall–Kier alpha value is -2.61. The van der Waals surface area contributed by atoms with Crippen LogP contribution in [0.1, 0.15) is 53.3 Å². The molecule has 0 atom stereocenters. The van der Waals surface area contributed by atoms with E-state index in [0.29, 0.717) is 37.5 Å². The molecule has 2 aromatic rings. The second-order valence-electron chi connectivity index (χ2n) is 6.83. The maximum Gasteiger partial charge on any atom is 0.274 e. The lowest BCUT2D eigenvalue weighted by atomic mass is 9.74. The van der Waals surface area contributed by atoms with Gasteiger partial charge in [-0.25, -0.2) is 0 Å². The molecule has 24 heavy (non-hydrogen) atoms. The van der Waals surface area contributed by atoms with Crippen LogP contribution in [0.5, 0.6) is 0 Å². The number of aromatic nitrogens is 2. The number of aromatic amines is 1. The topological polar surface area (TPSA) is 72.8 Å². The third kappa shape index (κ3) is 2.58.